The molecule has 0 aliphatic carbocycles. The van der Waals surface area contributed by atoms with E-state index in [4.69, 9.17) is 0 Å². The lowest BCUT2D eigenvalue weighted by atomic mass is 9.92. The Bertz CT molecular complexity index is 677. The Morgan fingerprint density at radius 3 is 2.16 bits per heavy atom. The van der Waals surface area contributed by atoms with Crippen molar-refractivity contribution in [2.24, 2.45) is 7.05 Å². The third-order valence-electron chi connectivity index (χ3n) is 5.21. The number of aryl methyl sites for hydroxylation is 3. The van der Waals surface area contributed by atoms with Gasteiger partial charge in [-0.2, -0.15) is 0 Å². The number of likely N-dealkylation sites (N-methyl/N-ethyl adjacent to an activating group) is 1. The molecule has 0 N–H and O–H groups in total. The van der Waals surface area contributed by atoms with E-state index in [1.165, 1.54) is 51.8 Å². The van der Waals surface area contributed by atoms with Crippen LogP contribution in [-0.2, 0) is 20.0 Å². The number of aromatic nitrogens is 1. The standard InChI is InChI=1S/C17H24N2/c1-10-11(2)13(4)17-16(12(10)3)14-7-8-18(5)9-15(14)19(17)6/h7-9H2,1-6H3. The van der Waals surface area contributed by atoms with Gasteiger partial charge in [-0.1, -0.05) is 0 Å². The van der Waals surface area contributed by atoms with Crippen molar-refractivity contribution in [3.8, 4) is 0 Å². The monoisotopic (exact) mass is 256 g/mol. The van der Waals surface area contributed by atoms with E-state index in [9.17, 15) is 0 Å². The van der Waals surface area contributed by atoms with Crippen LogP contribution < -0.4 is 0 Å². The van der Waals surface area contributed by atoms with Crippen LogP contribution in [0.25, 0.3) is 10.9 Å². The molecule has 0 bridgehead atoms. The zero-order valence-corrected chi connectivity index (χ0v) is 13.0. The van der Waals surface area contributed by atoms with Crippen molar-refractivity contribution in [2.75, 3.05) is 13.6 Å². The number of benzene rings is 1. The van der Waals surface area contributed by atoms with Crippen LogP contribution in [0, 0.1) is 27.7 Å². The topological polar surface area (TPSA) is 8.17 Å². The molecule has 19 heavy (non-hydrogen) atoms. The van der Waals surface area contributed by atoms with Crippen LogP contribution in [0.5, 0.6) is 0 Å². The van der Waals surface area contributed by atoms with E-state index >= 15 is 0 Å². The predicted octanol–water partition coefficient (Wildman–Crippen LogP) is 3.40. The molecule has 0 saturated carbocycles. The molecule has 1 aliphatic heterocycles. The Morgan fingerprint density at radius 2 is 1.47 bits per heavy atom. The second kappa shape index (κ2) is 4.11. The molecule has 2 heteroatoms. The number of nitrogens with zero attached hydrogens (tertiary/aromatic N) is 2. The van der Waals surface area contributed by atoms with Crippen molar-refractivity contribution in [2.45, 2.75) is 40.7 Å². The molecule has 0 amide bonds. The van der Waals surface area contributed by atoms with E-state index in [-0.39, 0.29) is 0 Å². The molecule has 0 radical (unpaired) electrons. The van der Waals surface area contributed by atoms with Crippen molar-refractivity contribution in [1.29, 1.82) is 0 Å². The lowest BCUT2D eigenvalue weighted by Gasteiger charge is -2.23. The summed E-state index contributed by atoms with van der Waals surface area (Å²) in [6.07, 6.45) is 1.19. The van der Waals surface area contributed by atoms with Crippen LogP contribution in [0.2, 0.25) is 0 Å². The molecule has 0 saturated heterocycles. The molecule has 102 valence electrons. The van der Waals surface area contributed by atoms with Crippen molar-refractivity contribution in [3.05, 3.63) is 33.5 Å². The summed E-state index contributed by atoms with van der Waals surface area (Å²) in [6.45, 7) is 11.4. The Kier molecular flexibility index (Phi) is 2.75. The third-order valence-corrected chi connectivity index (χ3v) is 5.21. The van der Waals surface area contributed by atoms with E-state index in [0.717, 1.165) is 6.54 Å². The average molecular weight is 256 g/mol. The lowest BCUT2D eigenvalue weighted by molar-refractivity contribution is 0.305. The summed E-state index contributed by atoms with van der Waals surface area (Å²) in [6, 6.07) is 0. The minimum atomic E-state index is 1.08. The maximum Gasteiger partial charge on any atom is 0.0518 e. The van der Waals surface area contributed by atoms with Gasteiger partial charge in [0.1, 0.15) is 0 Å². The first kappa shape index (κ1) is 12.7. The fourth-order valence-corrected chi connectivity index (χ4v) is 3.67. The number of hydrogen-bond donors (Lipinski definition) is 0. The average Bonchev–Trinajstić information content (AvgIpc) is 2.67. The van der Waals surface area contributed by atoms with Gasteiger partial charge >= 0.3 is 0 Å². The van der Waals surface area contributed by atoms with E-state index in [2.05, 4.69) is 51.3 Å². The zero-order valence-electron chi connectivity index (χ0n) is 13.0. The molecule has 0 spiro atoms. The van der Waals surface area contributed by atoms with Gasteiger partial charge in [0.25, 0.3) is 0 Å². The summed E-state index contributed by atoms with van der Waals surface area (Å²) < 4.78 is 2.44. The largest absolute Gasteiger partial charge is 0.346 e. The highest BCUT2D eigenvalue weighted by molar-refractivity contribution is 5.93. The summed E-state index contributed by atoms with van der Waals surface area (Å²) in [5.74, 6) is 0. The summed E-state index contributed by atoms with van der Waals surface area (Å²) in [7, 11) is 4.46. The van der Waals surface area contributed by atoms with Crippen LogP contribution in [-0.4, -0.2) is 23.1 Å². The highest BCUT2D eigenvalue weighted by atomic mass is 15.1. The molecule has 3 rings (SSSR count). The quantitative estimate of drug-likeness (QED) is 0.701. The molecule has 2 aromatic rings. The number of fused-ring (bicyclic) bond motifs is 3. The Labute approximate surface area is 116 Å². The minimum Gasteiger partial charge on any atom is -0.346 e. The maximum atomic E-state index is 2.44. The van der Waals surface area contributed by atoms with Crippen LogP contribution in [0.3, 0.4) is 0 Å². The summed E-state index contributed by atoms with van der Waals surface area (Å²) in [4.78, 5) is 2.42. The van der Waals surface area contributed by atoms with Crippen LogP contribution in [0.4, 0.5) is 0 Å². The molecule has 1 aromatic heterocycles. The van der Waals surface area contributed by atoms with Crippen molar-refractivity contribution < 1.29 is 0 Å². The van der Waals surface area contributed by atoms with Crippen LogP contribution >= 0.6 is 0 Å². The molecular weight excluding hydrogens is 232 g/mol. The predicted molar refractivity (Wildman–Crippen MR) is 81.9 cm³/mol. The molecule has 2 heterocycles. The molecule has 1 aliphatic rings. The fourth-order valence-electron chi connectivity index (χ4n) is 3.67. The van der Waals surface area contributed by atoms with E-state index in [1.54, 1.807) is 5.56 Å². The lowest BCUT2D eigenvalue weighted by Crippen LogP contribution is -2.27. The van der Waals surface area contributed by atoms with E-state index in [0.29, 0.717) is 0 Å². The number of rotatable bonds is 0. The first-order valence-corrected chi connectivity index (χ1v) is 7.18. The first-order chi connectivity index (χ1) is 8.93. The second-order valence-electron chi connectivity index (χ2n) is 6.20. The van der Waals surface area contributed by atoms with Gasteiger partial charge < -0.3 is 9.47 Å². The van der Waals surface area contributed by atoms with Gasteiger partial charge in [-0.15, -0.1) is 0 Å². The normalized spacial score (nSPS) is 16.1. The highest BCUT2D eigenvalue weighted by Gasteiger charge is 2.24. The van der Waals surface area contributed by atoms with Gasteiger partial charge in [-0.25, -0.2) is 0 Å². The smallest absolute Gasteiger partial charge is 0.0518 e. The summed E-state index contributed by atoms with van der Waals surface area (Å²) in [5, 5.41) is 1.53. The fraction of sp³-hybridized carbons (Fsp3) is 0.529. The van der Waals surface area contributed by atoms with Gasteiger partial charge in [-0.05, 0) is 69.0 Å². The summed E-state index contributed by atoms with van der Waals surface area (Å²) >= 11 is 0. The Balaban J connectivity index is 2.47. The van der Waals surface area contributed by atoms with Gasteiger partial charge in [0, 0.05) is 31.2 Å². The second-order valence-corrected chi connectivity index (χ2v) is 6.20. The van der Waals surface area contributed by atoms with Gasteiger partial charge in [-0.3, -0.25) is 0 Å². The highest BCUT2D eigenvalue weighted by Crippen LogP contribution is 2.36. The van der Waals surface area contributed by atoms with Crippen molar-refractivity contribution in [3.63, 3.8) is 0 Å². The first-order valence-electron chi connectivity index (χ1n) is 7.18. The van der Waals surface area contributed by atoms with Gasteiger partial charge in [0.05, 0.1) is 5.52 Å². The van der Waals surface area contributed by atoms with Crippen molar-refractivity contribution in [1.82, 2.24) is 9.47 Å². The molecule has 2 nitrogen and oxygen atoms in total. The number of hydrogen-bond acceptors (Lipinski definition) is 1. The van der Waals surface area contributed by atoms with Crippen molar-refractivity contribution >= 4 is 10.9 Å². The SMILES string of the molecule is Cc1c(C)c(C)c2c(c1C)c1c(n2C)CN(C)CC1. The Morgan fingerprint density at radius 1 is 0.842 bits per heavy atom. The molecule has 0 atom stereocenters. The van der Waals surface area contributed by atoms with E-state index in [1.807, 2.05) is 0 Å². The molecule has 0 fully saturated rings. The third kappa shape index (κ3) is 1.59. The van der Waals surface area contributed by atoms with Crippen LogP contribution in [0.1, 0.15) is 33.5 Å². The Hall–Kier alpha value is -1.28. The zero-order chi connectivity index (χ0) is 13.9. The molecule has 0 unspecified atom stereocenters. The molecular formula is C17H24N2. The van der Waals surface area contributed by atoms with Gasteiger partial charge in [0.15, 0.2) is 0 Å². The summed E-state index contributed by atoms with van der Waals surface area (Å²) in [5.41, 5.74) is 10.4. The molecule has 1 aromatic carbocycles. The van der Waals surface area contributed by atoms with Gasteiger partial charge in [0.2, 0.25) is 0 Å². The van der Waals surface area contributed by atoms with E-state index < -0.39 is 0 Å². The minimum absolute atomic E-state index is 1.08. The maximum absolute atomic E-state index is 2.44. The van der Waals surface area contributed by atoms with Crippen LogP contribution in [0.15, 0.2) is 0 Å².